The molecule has 2 N–H and O–H groups in total. The van der Waals surface area contributed by atoms with Gasteiger partial charge in [0, 0.05) is 10.9 Å². The van der Waals surface area contributed by atoms with Gasteiger partial charge in [-0.1, -0.05) is 0 Å². The highest BCUT2D eigenvalue weighted by molar-refractivity contribution is 5.91. The third-order valence-corrected chi connectivity index (χ3v) is 2.66. The third kappa shape index (κ3) is 2.58. The molecule has 2 rings (SSSR count). The first-order chi connectivity index (χ1) is 9.19. The van der Waals surface area contributed by atoms with Gasteiger partial charge in [0.25, 0.3) is 0 Å². The van der Waals surface area contributed by atoms with Crippen LogP contribution in [0.15, 0.2) is 23.0 Å². The fourth-order valence-corrected chi connectivity index (χ4v) is 1.78. The van der Waals surface area contributed by atoms with Crippen molar-refractivity contribution in [1.29, 1.82) is 0 Å². The number of aromatic carboxylic acids is 1. The van der Waals surface area contributed by atoms with Crippen molar-refractivity contribution in [2.75, 3.05) is 0 Å². The van der Waals surface area contributed by atoms with Crippen LogP contribution >= 0.6 is 0 Å². The Morgan fingerprint density at radius 3 is 2.55 bits per heavy atom. The summed E-state index contributed by atoms with van der Waals surface area (Å²) in [5.74, 6) is -1.87. The molecular formula is C12H8F3NO4. The van der Waals surface area contributed by atoms with E-state index in [9.17, 15) is 22.8 Å². The predicted molar refractivity (Wildman–Crippen MR) is 62.9 cm³/mol. The monoisotopic (exact) mass is 287 g/mol. The molecule has 0 radical (unpaired) electrons. The van der Waals surface area contributed by atoms with Gasteiger partial charge in [-0.2, -0.15) is 0 Å². The maximum absolute atomic E-state index is 12.1. The van der Waals surface area contributed by atoms with Crippen molar-refractivity contribution in [3.63, 3.8) is 0 Å². The normalized spacial score (nSPS) is 11.6. The molecule has 5 nitrogen and oxygen atoms in total. The number of carbonyl (C=O) groups is 1. The van der Waals surface area contributed by atoms with Gasteiger partial charge in [-0.05, 0) is 25.1 Å². The zero-order chi connectivity index (χ0) is 15.1. The van der Waals surface area contributed by atoms with Crippen LogP contribution in [-0.4, -0.2) is 22.4 Å². The summed E-state index contributed by atoms with van der Waals surface area (Å²) in [4.78, 5) is 25.4. The van der Waals surface area contributed by atoms with E-state index in [1.165, 1.54) is 6.92 Å². The number of rotatable bonds is 2. The summed E-state index contributed by atoms with van der Waals surface area (Å²) in [6.45, 7) is 1.28. The van der Waals surface area contributed by atoms with Gasteiger partial charge in [0.05, 0.1) is 5.52 Å². The summed E-state index contributed by atoms with van der Waals surface area (Å²) in [7, 11) is 0. The van der Waals surface area contributed by atoms with E-state index in [1.54, 1.807) is 0 Å². The molecule has 1 aromatic carbocycles. The summed E-state index contributed by atoms with van der Waals surface area (Å²) in [5.41, 5.74) is -0.933. The molecule has 1 heterocycles. The molecular weight excluding hydrogens is 279 g/mol. The first-order valence-corrected chi connectivity index (χ1v) is 5.35. The molecule has 1 aromatic heterocycles. The Kier molecular flexibility index (Phi) is 3.16. The average Bonchev–Trinajstić information content (AvgIpc) is 2.32. The Labute approximate surface area is 109 Å². The molecule has 0 spiro atoms. The second-order valence-electron chi connectivity index (χ2n) is 4.01. The van der Waals surface area contributed by atoms with Gasteiger partial charge in [0.1, 0.15) is 11.4 Å². The van der Waals surface area contributed by atoms with Crippen LogP contribution in [0.5, 0.6) is 5.75 Å². The van der Waals surface area contributed by atoms with Crippen molar-refractivity contribution >= 4 is 16.9 Å². The van der Waals surface area contributed by atoms with Gasteiger partial charge in [-0.25, -0.2) is 4.79 Å². The molecule has 106 valence electrons. The number of alkyl halides is 3. The Balaban J connectivity index is 2.65. The highest BCUT2D eigenvalue weighted by Crippen LogP contribution is 2.25. The van der Waals surface area contributed by atoms with Gasteiger partial charge >= 0.3 is 12.3 Å². The minimum atomic E-state index is -4.86. The van der Waals surface area contributed by atoms with E-state index in [2.05, 4.69) is 9.72 Å². The fourth-order valence-electron chi connectivity index (χ4n) is 1.78. The molecule has 0 saturated heterocycles. The SMILES string of the molecule is Cc1c(C(=O)O)[nH]c2ccc(OC(F)(F)F)cc2c1=O. The van der Waals surface area contributed by atoms with Crippen molar-refractivity contribution in [3.8, 4) is 5.75 Å². The van der Waals surface area contributed by atoms with E-state index in [0.717, 1.165) is 18.2 Å². The molecule has 0 atom stereocenters. The number of aromatic amines is 1. The zero-order valence-electron chi connectivity index (χ0n) is 10.0. The third-order valence-electron chi connectivity index (χ3n) is 2.66. The van der Waals surface area contributed by atoms with Crippen LogP contribution < -0.4 is 10.2 Å². The van der Waals surface area contributed by atoms with Crippen molar-refractivity contribution in [2.24, 2.45) is 0 Å². The minimum absolute atomic E-state index is 0.0748. The molecule has 0 bridgehead atoms. The van der Waals surface area contributed by atoms with Crippen LogP contribution in [0.2, 0.25) is 0 Å². The van der Waals surface area contributed by atoms with E-state index in [-0.39, 0.29) is 22.2 Å². The zero-order valence-corrected chi connectivity index (χ0v) is 10.0. The van der Waals surface area contributed by atoms with E-state index in [1.807, 2.05) is 0 Å². The topological polar surface area (TPSA) is 79.4 Å². The lowest BCUT2D eigenvalue weighted by Crippen LogP contribution is -2.18. The van der Waals surface area contributed by atoms with Crippen LogP contribution in [0, 0.1) is 6.92 Å². The summed E-state index contributed by atoms with van der Waals surface area (Å²) < 4.78 is 40.0. The smallest absolute Gasteiger partial charge is 0.477 e. The number of hydrogen-bond donors (Lipinski definition) is 2. The van der Waals surface area contributed by atoms with Crippen molar-refractivity contribution < 1.29 is 27.8 Å². The number of nitrogens with one attached hydrogen (secondary N) is 1. The second kappa shape index (κ2) is 4.55. The highest BCUT2D eigenvalue weighted by Gasteiger charge is 2.31. The largest absolute Gasteiger partial charge is 0.573 e. The minimum Gasteiger partial charge on any atom is -0.477 e. The summed E-state index contributed by atoms with van der Waals surface area (Å²) in [6.07, 6.45) is -4.86. The van der Waals surface area contributed by atoms with Gasteiger partial charge < -0.3 is 14.8 Å². The molecule has 8 heteroatoms. The molecule has 0 aliphatic carbocycles. The molecule has 2 aromatic rings. The fraction of sp³-hybridized carbons (Fsp3) is 0.167. The molecule has 0 aliphatic rings. The van der Waals surface area contributed by atoms with Crippen LogP contribution in [0.1, 0.15) is 16.1 Å². The van der Waals surface area contributed by atoms with E-state index < -0.39 is 23.5 Å². The van der Waals surface area contributed by atoms with Crippen LogP contribution in [0.4, 0.5) is 13.2 Å². The lowest BCUT2D eigenvalue weighted by atomic mass is 10.1. The standard InChI is InChI=1S/C12H8F3NO4/c1-5-9(11(18)19)16-8-3-2-6(20-12(13,14)15)4-7(8)10(5)17/h2-4H,1H3,(H,16,17)(H,18,19). The van der Waals surface area contributed by atoms with Crippen molar-refractivity contribution in [2.45, 2.75) is 13.3 Å². The number of H-pyrrole nitrogens is 1. The first-order valence-electron chi connectivity index (χ1n) is 5.35. The lowest BCUT2D eigenvalue weighted by Gasteiger charge is -2.10. The Hall–Kier alpha value is -2.51. The maximum Gasteiger partial charge on any atom is 0.573 e. The summed E-state index contributed by atoms with van der Waals surface area (Å²) in [6, 6.07) is 3.07. The molecule has 20 heavy (non-hydrogen) atoms. The number of aromatic nitrogens is 1. The number of hydrogen-bond acceptors (Lipinski definition) is 3. The molecule has 0 unspecified atom stereocenters. The van der Waals surface area contributed by atoms with Gasteiger partial charge in [0.2, 0.25) is 0 Å². The van der Waals surface area contributed by atoms with Crippen LogP contribution in [0.25, 0.3) is 10.9 Å². The average molecular weight is 287 g/mol. The number of benzene rings is 1. The number of carboxylic acids is 1. The summed E-state index contributed by atoms with van der Waals surface area (Å²) >= 11 is 0. The summed E-state index contributed by atoms with van der Waals surface area (Å²) in [5, 5.41) is 8.84. The molecule has 0 amide bonds. The van der Waals surface area contributed by atoms with Crippen molar-refractivity contribution in [1.82, 2.24) is 4.98 Å². The van der Waals surface area contributed by atoms with E-state index in [4.69, 9.17) is 5.11 Å². The molecule has 0 aliphatic heterocycles. The van der Waals surface area contributed by atoms with Crippen LogP contribution in [-0.2, 0) is 0 Å². The Morgan fingerprint density at radius 2 is 2.00 bits per heavy atom. The predicted octanol–water partition coefficient (Wildman–Crippen LogP) is 2.43. The number of ether oxygens (including phenoxy) is 1. The van der Waals surface area contributed by atoms with Gasteiger partial charge in [-0.3, -0.25) is 4.79 Å². The van der Waals surface area contributed by atoms with Gasteiger partial charge in [0.15, 0.2) is 5.43 Å². The number of fused-ring (bicyclic) bond motifs is 1. The lowest BCUT2D eigenvalue weighted by molar-refractivity contribution is -0.274. The Bertz CT molecular complexity index is 749. The number of carboxylic acid groups (broad SMARTS) is 1. The van der Waals surface area contributed by atoms with E-state index >= 15 is 0 Å². The quantitative estimate of drug-likeness (QED) is 0.889. The van der Waals surface area contributed by atoms with Crippen molar-refractivity contribution in [3.05, 3.63) is 39.7 Å². The Morgan fingerprint density at radius 1 is 1.35 bits per heavy atom. The molecule has 0 fully saturated rings. The number of pyridine rings is 1. The van der Waals surface area contributed by atoms with Gasteiger partial charge in [-0.15, -0.1) is 13.2 Å². The molecule has 0 saturated carbocycles. The van der Waals surface area contributed by atoms with Crippen LogP contribution in [0.3, 0.4) is 0 Å². The second-order valence-corrected chi connectivity index (χ2v) is 4.01. The highest BCUT2D eigenvalue weighted by atomic mass is 19.4. The number of halogens is 3. The maximum atomic E-state index is 12.1. The van der Waals surface area contributed by atoms with E-state index in [0.29, 0.717) is 0 Å². The first kappa shape index (κ1) is 13.9.